The van der Waals surface area contributed by atoms with Crippen molar-refractivity contribution in [2.24, 2.45) is 0 Å². The van der Waals surface area contributed by atoms with Crippen LogP contribution in [0.5, 0.6) is 11.5 Å². The van der Waals surface area contributed by atoms with Crippen LogP contribution in [0.2, 0.25) is 0 Å². The lowest BCUT2D eigenvalue weighted by molar-refractivity contribution is -0.115. The van der Waals surface area contributed by atoms with Gasteiger partial charge in [0, 0.05) is 6.42 Å². The molecule has 1 aromatic carbocycles. The molecule has 0 amide bonds. The Kier molecular flexibility index (Phi) is 2.44. The normalized spacial score (nSPS) is 16.1. The monoisotopic (exact) mass is 228 g/mol. The second-order valence-corrected chi connectivity index (χ2v) is 4.11. The summed E-state index contributed by atoms with van der Waals surface area (Å²) in [6, 6.07) is 5.64. The summed E-state index contributed by atoms with van der Waals surface area (Å²) in [4.78, 5) is 11.9. The van der Waals surface area contributed by atoms with Crippen LogP contribution in [0, 0.1) is 0 Å². The highest BCUT2D eigenvalue weighted by atomic mass is 16.7. The molecule has 0 atom stereocenters. The first-order valence-corrected chi connectivity index (χ1v) is 5.60. The molecule has 0 spiro atoms. The molecule has 17 heavy (non-hydrogen) atoms. The van der Waals surface area contributed by atoms with Gasteiger partial charge in [-0.2, -0.15) is 0 Å². The van der Waals surface area contributed by atoms with Crippen LogP contribution >= 0.6 is 0 Å². The smallest absolute Gasteiger partial charge is 0.231 e. The van der Waals surface area contributed by atoms with Crippen molar-refractivity contribution in [2.75, 3.05) is 6.79 Å². The summed E-state index contributed by atoms with van der Waals surface area (Å²) >= 11 is 0. The van der Waals surface area contributed by atoms with E-state index in [4.69, 9.17) is 9.47 Å². The Labute approximate surface area is 99.3 Å². The van der Waals surface area contributed by atoms with E-state index in [0.29, 0.717) is 6.42 Å². The van der Waals surface area contributed by atoms with E-state index in [1.165, 1.54) is 0 Å². The van der Waals surface area contributed by atoms with Crippen molar-refractivity contribution in [3.63, 3.8) is 0 Å². The summed E-state index contributed by atoms with van der Waals surface area (Å²) in [5.74, 6) is 1.66. The second kappa shape index (κ2) is 4.09. The van der Waals surface area contributed by atoms with Gasteiger partial charge in [-0.25, -0.2) is 0 Å². The molecule has 3 heteroatoms. The summed E-state index contributed by atoms with van der Waals surface area (Å²) in [6.45, 7) is 0.266. The largest absolute Gasteiger partial charge is 0.454 e. The molecule has 0 saturated carbocycles. The highest BCUT2D eigenvalue weighted by Crippen LogP contribution is 2.32. The number of allylic oxidation sites excluding steroid dienone is 4. The number of ether oxygens (including phenoxy) is 2. The number of fused-ring (bicyclic) bond motifs is 1. The van der Waals surface area contributed by atoms with Gasteiger partial charge in [0.2, 0.25) is 6.79 Å². The minimum atomic E-state index is 0.175. The maximum Gasteiger partial charge on any atom is 0.231 e. The quantitative estimate of drug-likeness (QED) is 0.797. The Hall–Kier alpha value is -2.03. The van der Waals surface area contributed by atoms with Gasteiger partial charge in [0.25, 0.3) is 0 Å². The molecule has 0 radical (unpaired) electrons. The van der Waals surface area contributed by atoms with Crippen LogP contribution in [0.1, 0.15) is 12.0 Å². The van der Waals surface area contributed by atoms with Crippen LogP contribution < -0.4 is 9.47 Å². The SMILES string of the molecule is O=C(Cc1ccc2c(c1)OCO2)C1=CC=CC1. The Morgan fingerprint density at radius 3 is 2.94 bits per heavy atom. The highest BCUT2D eigenvalue weighted by molar-refractivity contribution is 5.97. The Bertz CT molecular complexity index is 526. The van der Waals surface area contributed by atoms with Crippen LogP contribution in [-0.4, -0.2) is 12.6 Å². The minimum Gasteiger partial charge on any atom is -0.454 e. The number of ketones is 1. The Balaban J connectivity index is 1.75. The van der Waals surface area contributed by atoms with Gasteiger partial charge in [0.05, 0.1) is 0 Å². The lowest BCUT2D eigenvalue weighted by Gasteiger charge is -2.03. The summed E-state index contributed by atoms with van der Waals surface area (Å²) in [7, 11) is 0. The Morgan fingerprint density at radius 1 is 1.24 bits per heavy atom. The number of benzene rings is 1. The number of hydrogen-bond donors (Lipinski definition) is 0. The fourth-order valence-corrected chi connectivity index (χ4v) is 2.00. The van der Waals surface area contributed by atoms with Crippen molar-refractivity contribution in [3.05, 3.63) is 47.6 Å². The van der Waals surface area contributed by atoms with E-state index >= 15 is 0 Å². The first kappa shape index (κ1) is 10.1. The molecule has 1 aliphatic heterocycles. The summed E-state index contributed by atoms with van der Waals surface area (Å²) in [5, 5.41) is 0. The van der Waals surface area contributed by atoms with Crippen molar-refractivity contribution < 1.29 is 14.3 Å². The van der Waals surface area contributed by atoms with Gasteiger partial charge >= 0.3 is 0 Å². The fourth-order valence-electron chi connectivity index (χ4n) is 2.00. The average Bonchev–Trinajstić information content (AvgIpc) is 2.99. The molecule has 0 fully saturated rings. The first-order valence-electron chi connectivity index (χ1n) is 5.60. The van der Waals surface area contributed by atoms with Gasteiger partial charge in [-0.05, 0) is 29.7 Å². The zero-order valence-electron chi connectivity index (χ0n) is 9.31. The highest BCUT2D eigenvalue weighted by Gasteiger charge is 2.16. The van der Waals surface area contributed by atoms with Crippen molar-refractivity contribution in [2.45, 2.75) is 12.8 Å². The van der Waals surface area contributed by atoms with Crippen LogP contribution in [0.15, 0.2) is 42.0 Å². The molecule has 1 aliphatic carbocycles. The summed E-state index contributed by atoms with van der Waals surface area (Å²) in [6.07, 6.45) is 6.97. The lowest BCUT2D eigenvalue weighted by atomic mass is 10.0. The zero-order chi connectivity index (χ0) is 11.7. The number of carbonyl (C=O) groups is 1. The third kappa shape index (κ3) is 1.96. The van der Waals surface area contributed by atoms with E-state index < -0.39 is 0 Å². The fraction of sp³-hybridized carbons (Fsp3) is 0.214. The molecule has 0 saturated heterocycles. The molecule has 0 N–H and O–H groups in total. The molecule has 1 aromatic rings. The molecule has 2 aliphatic rings. The summed E-state index contributed by atoms with van der Waals surface area (Å²) in [5.41, 5.74) is 1.84. The Morgan fingerprint density at radius 2 is 2.12 bits per heavy atom. The molecule has 1 heterocycles. The van der Waals surface area contributed by atoms with Gasteiger partial charge in [0.1, 0.15) is 0 Å². The molecular weight excluding hydrogens is 216 g/mol. The number of hydrogen-bond acceptors (Lipinski definition) is 3. The van der Waals surface area contributed by atoms with Crippen LogP contribution in [0.4, 0.5) is 0 Å². The van der Waals surface area contributed by atoms with E-state index in [2.05, 4.69) is 0 Å². The first-order chi connectivity index (χ1) is 8.33. The molecule has 0 aromatic heterocycles. The second-order valence-electron chi connectivity index (χ2n) is 4.11. The van der Waals surface area contributed by atoms with Gasteiger partial charge in [0.15, 0.2) is 17.3 Å². The van der Waals surface area contributed by atoms with Crippen LogP contribution in [-0.2, 0) is 11.2 Å². The molecular formula is C14H12O3. The maximum atomic E-state index is 11.9. The number of Topliss-reactive ketones (excluding diaryl/α,β-unsaturated/α-hetero) is 1. The maximum absolute atomic E-state index is 11.9. The number of rotatable bonds is 3. The van der Waals surface area contributed by atoms with E-state index in [1.54, 1.807) is 0 Å². The van der Waals surface area contributed by atoms with Crippen molar-refractivity contribution in [1.29, 1.82) is 0 Å². The van der Waals surface area contributed by atoms with Gasteiger partial charge in [-0.1, -0.05) is 24.3 Å². The predicted octanol–water partition coefficient (Wildman–Crippen LogP) is 2.41. The van der Waals surface area contributed by atoms with Gasteiger partial charge in [-0.3, -0.25) is 4.79 Å². The van der Waals surface area contributed by atoms with E-state index in [1.807, 2.05) is 36.4 Å². The molecule has 3 nitrogen and oxygen atoms in total. The minimum absolute atomic E-state index is 0.175. The summed E-state index contributed by atoms with van der Waals surface area (Å²) < 4.78 is 10.5. The van der Waals surface area contributed by atoms with Crippen LogP contribution in [0.25, 0.3) is 0 Å². The van der Waals surface area contributed by atoms with Crippen molar-refractivity contribution >= 4 is 5.78 Å². The topological polar surface area (TPSA) is 35.5 Å². The third-order valence-electron chi connectivity index (χ3n) is 2.93. The van der Waals surface area contributed by atoms with Crippen molar-refractivity contribution in [1.82, 2.24) is 0 Å². The molecule has 86 valence electrons. The van der Waals surface area contributed by atoms with E-state index in [0.717, 1.165) is 29.1 Å². The lowest BCUT2D eigenvalue weighted by Crippen LogP contribution is -2.04. The average molecular weight is 228 g/mol. The third-order valence-corrected chi connectivity index (χ3v) is 2.93. The van der Waals surface area contributed by atoms with Crippen molar-refractivity contribution in [3.8, 4) is 11.5 Å². The van der Waals surface area contributed by atoms with E-state index in [-0.39, 0.29) is 12.6 Å². The molecule has 0 unspecified atom stereocenters. The van der Waals surface area contributed by atoms with Gasteiger partial charge < -0.3 is 9.47 Å². The van der Waals surface area contributed by atoms with Gasteiger partial charge in [-0.15, -0.1) is 0 Å². The molecule has 0 bridgehead atoms. The standard InChI is InChI=1S/C14H12O3/c15-12(11-3-1-2-4-11)7-10-5-6-13-14(8-10)17-9-16-13/h1-3,5-6,8H,4,7,9H2. The number of carbonyl (C=O) groups excluding carboxylic acids is 1. The molecule has 3 rings (SSSR count). The van der Waals surface area contributed by atoms with E-state index in [9.17, 15) is 4.79 Å². The van der Waals surface area contributed by atoms with Crippen LogP contribution in [0.3, 0.4) is 0 Å². The predicted molar refractivity (Wildman–Crippen MR) is 63.1 cm³/mol. The zero-order valence-corrected chi connectivity index (χ0v) is 9.31.